The third-order valence-corrected chi connectivity index (χ3v) is 4.76. The number of primary amides is 1. The lowest BCUT2D eigenvalue weighted by Crippen LogP contribution is -2.24. The molecule has 1 aromatic carbocycles. The van der Waals surface area contributed by atoms with Gasteiger partial charge >= 0.3 is 0 Å². The van der Waals surface area contributed by atoms with Gasteiger partial charge in [-0.2, -0.15) is 0 Å². The predicted octanol–water partition coefficient (Wildman–Crippen LogP) is 2.45. The number of carbonyl (C=O) groups excluding carboxylic acids is 1. The van der Waals surface area contributed by atoms with Crippen LogP contribution >= 0.6 is 0 Å². The molecule has 0 atom stereocenters. The molecule has 0 saturated carbocycles. The van der Waals surface area contributed by atoms with Crippen LogP contribution in [0.15, 0.2) is 18.2 Å². The van der Waals surface area contributed by atoms with Crippen molar-refractivity contribution in [3.63, 3.8) is 0 Å². The van der Waals surface area contributed by atoms with Crippen molar-refractivity contribution in [1.29, 1.82) is 0 Å². The lowest BCUT2D eigenvalue weighted by atomic mass is 10.1. The van der Waals surface area contributed by atoms with E-state index in [-0.39, 0.29) is 5.91 Å². The Labute approximate surface area is 125 Å². The molecule has 0 spiro atoms. The predicted molar refractivity (Wildman–Crippen MR) is 85.6 cm³/mol. The fourth-order valence-corrected chi connectivity index (χ4v) is 3.46. The van der Waals surface area contributed by atoms with Gasteiger partial charge in [-0.15, -0.1) is 0 Å². The molecule has 0 aliphatic carbocycles. The van der Waals surface area contributed by atoms with Gasteiger partial charge in [0.25, 0.3) is 0 Å². The molecule has 2 aromatic rings. The zero-order valence-corrected chi connectivity index (χ0v) is 12.9. The highest BCUT2D eigenvalue weighted by Gasteiger charge is 2.17. The fourth-order valence-electron chi connectivity index (χ4n) is 3.46. The third-order valence-electron chi connectivity index (χ3n) is 4.76. The number of hydrogen-bond donors (Lipinski definition) is 1. The zero-order valence-electron chi connectivity index (χ0n) is 12.9. The smallest absolute Gasteiger partial charge is 0.249 e. The van der Waals surface area contributed by atoms with E-state index in [0.29, 0.717) is 5.56 Å². The molecule has 2 heterocycles. The van der Waals surface area contributed by atoms with Gasteiger partial charge in [0.2, 0.25) is 5.91 Å². The molecule has 0 bridgehead atoms. The molecule has 0 unspecified atom stereocenters. The summed E-state index contributed by atoms with van der Waals surface area (Å²) in [6, 6.07) is 5.83. The number of nitrogens with zero attached hydrogens (tertiary/aromatic N) is 2. The minimum absolute atomic E-state index is 0.347. The molecule has 1 aliphatic heterocycles. The Bertz CT molecular complexity index is 681. The van der Waals surface area contributed by atoms with Crippen LogP contribution in [0.3, 0.4) is 0 Å². The van der Waals surface area contributed by atoms with Gasteiger partial charge in [-0.1, -0.05) is 6.07 Å². The second kappa shape index (κ2) is 5.53. The largest absolute Gasteiger partial charge is 0.366 e. The van der Waals surface area contributed by atoms with Crippen LogP contribution in [0, 0.1) is 13.8 Å². The number of benzene rings is 1. The first-order valence-corrected chi connectivity index (χ1v) is 7.70. The van der Waals surface area contributed by atoms with Crippen molar-refractivity contribution in [2.24, 2.45) is 5.73 Å². The average molecular weight is 285 g/mol. The Balaban J connectivity index is 2.00. The number of nitrogens with two attached hydrogens (primary N) is 1. The molecular formula is C17H23N3O. The first kappa shape index (κ1) is 14.1. The maximum atomic E-state index is 11.7. The number of likely N-dealkylation sites (tertiary alicyclic amines) is 1. The van der Waals surface area contributed by atoms with Crippen molar-refractivity contribution >= 4 is 16.8 Å². The number of carbonyl (C=O) groups is 1. The molecule has 0 radical (unpaired) electrons. The van der Waals surface area contributed by atoms with E-state index in [2.05, 4.69) is 29.4 Å². The fraction of sp³-hybridized carbons (Fsp3) is 0.471. The number of aromatic nitrogens is 1. The third kappa shape index (κ3) is 2.44. The summed E-state index contributed by atoms with van der Waals surface area (Å²) in [6.07, 6.45) is 2.63. The van der Waals surface area contributed by atoms with E-state index >= 15 is 0 Å². The van der Waals surface area contributed by atoms with Crippen molar-refractivity contribution in [3.8, 4) is 0 Å². The first-order chi connectivity index (χ1) is 10.1. The van der Waals surface area contributed by atoms with Crippen LogP contribution in [0.25, 0.3) is 10.9 Å². The maximum absolute atomic E-state index is 11.7. The van der Waals surface area contributed by atoms with Crippen LogP contribution in [-0.2, 0) is 6.54 Å². The highest BCUT2D eigenvalue weighted by Crippen LogP contribution is 2.28. The molecule has 21 heavy (non-hydrogen) atoms. The maximum Gasteiger partial charge on any atom is 0.249 e. The van der Waals surface area contributed by atoms with E-state index in [1.54, 1.807) is 0 Å². The van der Waals surface area contributed by atoms with Gasteiger partial charge in [0.1, 0.15) is 0 Å². The molecule has 112 valence electrons. The van der Waals surface area contributed by atoms with E-state index in [0.717, 1.165) is 24.0 Å². The number of fused-ring (bicyclic) bond motifs is 1. The van der Waals surface area contributed by atoms with E-state index in [9.17, 15) is 4.79 Å². The lowest BCUT2D eigenvalue weighted by molar-refractivity contribution is 0.100. The molecule has 3 rings (SSSR count). The van der Waals surface area contributed by atoms with Crippen molar-refractivity contribution in [3.05, 3.63) is 35.0 Å². The molecular weight excluding hydrogens is 262 g/mol. The normalized spacial score (nSPS) is 15.9. The van der Waals surface area contributed by atoms with Crippen molar-refractivity contribution in [2.75, 3.05) is 19.6 Å². The second-order valence-electron chi connectivity index (χ2n) is 5.97. The standard InChI is InChI=1S/C17H23N3O/c1-12-13(2)20(11-10-19-8-3-4-9-19)15-7-5-6-14(16(12)15)17(18)21/h5-7H,3-4,8-11H2,1-2H3,(H2,18,21). The molecule has 2 N–H and O–H groups in total. The van der Waals surface area contributed by atoms with Gasteiger partial charge in [-0.25, -0.2) is 0 Å². The van der Waals surface area contributed by atoms with Gasteiger partial charge in [0.05, 0.1) is 0 Å². The molecule has 1 amide bonds. The topological polar surface area (TPSA) is 51.3 Å². The van der Waals surface area contributed by atoms with Gasteiger partial charge in [-0.3, -0.25) is 4.79 Å². The zero-order chi connectivity index (χ0) is 15.0. The summed E-state index contributed by atoms with van der Waals surface area (Å²) in [7, 11) is 0. The summed E-state index contributed by atoms with van der Waals surface area (Å²) >= 11 is 0. The monoisotopic (exact) mass is 285 g/mol. The number of amides is 1. The second-order valence-corrected chi connectivity index (χ2v) is 5.97. The Kier molecular flexibility index (Phi) is 3.72. The minimum atomic E-state index is -0.347. The number of rotatable bonds is 4. The van der Waals surface area contributed by atoms with Crippen LogP contribution < -0.4 is 5.73 Å². The molecule has 4 nitrogen and oxygen atoms in total. The lowest BCUT2D eigenvalue weighted by Gasteiger charge is -2.16. The summed E-state index contributed by atoms with van der Waals surface area (Å²) in [5.41, 5.74) is 9.68. The van der Waals surface area contributed by atoms with Crippen molar-refractivity contribution in [2.45, 2.75) is 33.2 Å². The van der Waals surface area contributed by atoms with Gasteiger partial charge < -0.3 is 15.2 Å². The SMILES string of the molecule is Cc1c(C)n(CCN2CCCC2)c2cccc(C(N)=O)c12. The minimum Gasteiger partial charge on any atom is -0.366 e. The Hall–Kier alpha value is -1.81. The molecule has 1 aromatic heterocycles. The van der Waals surface area contributed by atoms with Crippen LogP contribution in [0.5, 0.6) is 0 Å². The van der Waals surface area contributed by atoms with Crippen LogP contribution in [0.4, 0.5) is 0 Å². The molecule has 1 aliphatic rings. The van der Waals surface area contributed by atoms with E-state index in [1.165, 1.54) is 37.2 Å². The quantitative estimate of drug-likeness (QED) is 0.938. The highest BCUT2D eigenvalue weighted by atomic mass is 16.1. The van der Waals surface area contributed by atoms with Crippen LogP contribution in [-0.4, -0.2) is 35.0 Å². The molecule has 1 fully saturated rings. The first-order valence-electron chi connectivity index (χ1n) is 7.70. The molecule has 1 saturated heterocycles. The number of hydrogen-bond acceptors (Lipinski definition) is 2. The van der Waals surface area contributed by atoms with Gasteiger partial charge in [-0.05, 0) is 57.5 Å². The summed E-state index contributed by atoms with van der Waals surface area (Å²) in [5, 5.41) is 1.02. The molecule has 4 heteroatoms. The van der Waals surface area contributed by atoms with Crippen molar-refractivity contribution < 1.29 is 4.79 Å². The van der Waals surface area contributed by atoms with Gasteiger partial charge in [0, 0.05) is 35.2 Å². The Morgan fingerprint density at radius 2 is 1.90 bits per heavy atom. The van der Waals surface area contributed by atoms with E-state index < -0.39 is 0 Å². The average Bonchev–Trinajstić information content (AvgIpc) is 3.06. The summed E-state index contributed by atoms with van der Waals surface area (Å²) in [4.78, 5) is 14.2. The van der Waals surface area contributed by atoms with E-state index in [4.69, 9.17) is 5.73 Å². The van der Waals surface area contributed by atoms with Crippen molar-refractivity contribution in [1.82, 2.24) is 9.47 Å². The van der Waals surface area contributed by atoms with Crippen LogP contribution in [0.1, 0.15) is 34.5 Å². The summed E-state index contributed by atoms with van der Waals surface area (Å²) < 4.78 is 2.33. The summed E-state index contributed by atoms with van der Waals surface area (Å²) in [5.74, 6) is -0.347. The highest BCUT2D eigenvalue weighted by molar-refractivity contribution is 6.07. The van der Waals surface area contributed by atoms with Gasteiger partial charge in [0.15, 0.2) is 0 Å². The Morgan fingerprint density at radius 1 is 1.19 bits per heavy atom. The summed E-state index contributed by atoms with van der Waals surface area (Å²) in [6.45, 7) is 8.68. The van der Waals surface area contributed by atoms with E-state index in [1.807, 2.05) is 12.1 Å². The Morgan fingerprint density at radius 3 is 2.57 bits per heavy atom. The van der Waals surface area contributed by atoms with Crippen LogP contribution in [0.2, 0.25) is 0 Å². The number of aryl methyl sites for hydroxylation is 1.